The fourth-order valence-electron chi connectivity index (χ4n) is 3.39. The third-order valence-corrected chi connectivity index (χ3v) is 4.81. The van der Waals surface area contributed by atoms with Gasteiger partial charge in [-0.2, -0.15) is 4.98 Å². The van der Waals surface area contributed by atoms with Gasteiger partial charge >= 0.3 is 0 Å². The standard InChI is InChI=1S/C19H16N6O2/c26-17-8-14(10-25(17)9-12-3-5-20-6-4-12)19-23-18(24-27-19)13-1-2-15-16(7-13)22-11-21-15/h1-7,11,14H,8-10H2,(H,21,22)/t14-/m0/s1. The first-order valence-corrected chi connectivity index (χ1v) is 8.70. The van der Waals surface area contributed by atoms with Crippen LogP contribution in [0.15, 0.2) is 53.6 Å². The molecule has 8 heteroatoms. The molecule has 0 radical (unpaired) electrons. The minimum absolute atomic E-state index is 0.0866. The van der Waals surface area contributed by atoms with Crippen molar-refractivity contribution < 1.29 is 9.32 Å². The van der Waals surface area contributed by atoms with Crippen molar-refractivity contribution in [1.82, 2.24) is 30.0 Å². The van der Waals surface area contributed by atoms with Crippen LogP contribution in [-0.2, 0) is 11.3 Å². The molecule has 4 heterocycles. The van der Waals surface area contributed by atoms with Gasteiger partial charge < -0.3 is 14.4 Å². The molecule has 1 amide bonds. The van der Waals surface area contributed by atoms with Gasteiger partial charge in [0.15, 0.2) is 0 Å². The Labute approximate surface area is 154 Å². The summed E-state index contributed by atoms with van der Waals surface area (Å²) in [4.78, 5) is 30.0. The van der Waals surface area contributed by atoms with Crippen LogP contribution in [0.1, 0.15) is 23.8 Å². The predicted octanol–water partition coefficient (Wildman–Crippen LogP) is 2.52. The first-order chi connectivity index (χ1) is 13.3. The SMILES string of the molecule is O=C1C[C@H](c2nc(-c3ccc4nc[nH]c4c3)no2)CN1Cc1ccncc1. The van der Waals surface area contributed by atoms with E-state index in [1.807, 2.05) is 35.2 Å². The van der Waals surface area contributed by atoms with Gasteiger partial charge in [0.25, 0.3) is 0 Å². The Morgan fingerprint density at radius 3 is 3.00 bits per heavy atom. The fourth-order valence-corrected chi connectivity index (χ4v) is 3.39. The zero-order valence-electron chi connectivity index (χ0n) is 14.4. The average Bonchev–Trinajstić information content (AvgIpc) is 3.42. The highest BCUT2D eigenvalue weighted by Crippen LogP contribution is 2.30. The summed E-state index contributed by atoms with van der Waals surface area (Å²) >= 11 is 0. The van der Waals surface area contributed by atoms with Crippen molar-refractivity contribution in [3.63, 3.8) is 0 Å². The number of amides is 1. The molecule has 1 N–H and O–H groups in total. The number of carbonyl (C=O) groups is 1. The molecule has 1 aliphatic heterocycles. The van der Waals surface area contributed by atoms with Crippen LogP contribution in [0.25, 0.3) is 22.4 Å². The van der Waals surface area contributed by atoms with E-state index in [0.717, 1.165) is 22.2 Å². The van der Waals surface area contributed by atoms with Crippen LogP contribution in [0.3, 0.4) is 0 Å². The van der Waals surface area contributed by atoms with Crippen molar-refractivity contribution in [1.29, 1.82) is 0 Å². The first kappa shape index (κ1) is 15.7. The smallest absolute Gasteiger partial charge is 0.232 e. The summed E-state index contributed by atoms with van der Waals surface area (Å²) in [6.45, 7) is 1.14. The van der Waals surface area contributed by atoms with Crippen LogP contribution >= 0.6 is 0 Å². The summed E-state index contributed by atoms with van der Waals surface area (Å²) in [6.07, 6.45) is 5.49. The van der Waals surface area contributed by atoms with Gasteiger partial charge in [-0.15, -0.1) is 0 Å². The lowest BCUT2D eigenvalue weighted by Crippen LogP contribution is -2.24. The molecule has 4 aromatic rings. The maximum Gasteiger partial charge on any atom is 0.232 e. The number of aromatic amines is 1. The molecule has 1 aromatic carbocycles. The van der Waals surface area contributed by atoms with Crippen LogP contribution in [0.5, 0.6) is 0 Å². The molecule has 0 unspecified atom stereocenters. The lowest BCUT2D eigenvalue weighted by Gasteiger charge is -2.15. The lowest BCUT2D eigenvalue weighted by atomic mass is 10.1. The van der Waals surface area contributed by atoms with Crippen LogP contribution in [0.4, 0.5) is 0 Å². The van der Waals surface area contributed by atoms with Gasteiger partial charge in [-0.1, -0.05) is 5.16 Å². The van der Waals surface area contributed by atoms with Crippen LogP contribution in [0.2, 0.25) is 0 Å². The molecule has 0 saturated carbocycles. The molecule has 8 nitrogen and oxygen atoms in total. The van der Waals surface area contributed by atoms with E-state index in [0.29, 0.717) is 31.2 Å². The van der Waals surface area contributed by atoms with Crippen LogP contribution in [-0.4, -0.2) is 42.4 Å². The number of hydrogen-bond donors (Lipinski definition) is 1. The second kappa shape index (κ2) is 6.31. The van der Waals surface area contributed by atoms with Crippen molar-refractivity contribution in [3.05, 3.63) is 60.5 Å². The van der Waals surface area contributed by atoms with Crippen LogP contribution in [0, 0.1) is 0 Å². The van der Waals surface area contributed by atoms with Gasteiger partial charge in [0.05, 0.1) is 23.3 Å². The summed E-state index contributed by atoms with van der Waals surface area (Å²) in [5.74, 6) is 1.02. The van der Waals surface area contributed by atoms with Crippen molar-refractivity contribution >= 4 is 16.9 Å². The fraction of sp³-hybridized carbons (Fsp3) is 0.211. The van der Waals surface area contributed by atoms with E-state index in [4.69, 9.17) is 4.52 Å². The monoisotopic (exact) mass is 360 g/mol. The number of imidazole rings is 1. The molecular weight excluding hydrogens is 344 g/mol. The Bertz CT molecular complexity index is 1100. The molecule has 5 rings (SSSR count). The largest absolute Gasteiger partial charge is 0.345 e. The Morgan fingerprint density at radius 1 is 1.22 bits per heavy atom. The van der Waals surface area contributed by atoms with Gasteiger partial charge in [-0.25, -0.2) is 4.98 Å². The van der Waals surface area contributed by atoms with E-state index in [2.05, 4.69) is 25.1 Å². The zero-order chi connectivity index (χ0) is 18.2. The number of fused-ring (bicyclic) bond motifs is 1. The Balaban J connectivity index is 1.34. The summed E-state index contributed by atoms with van der Waals surface area (Å²) in [5, 5.41) is 4.10. The number of pyridine rings is 1. The lowest BCUT2D eigenvalue weighted by molar-refractivity contribution is -0.128. The maximum atomic E-state index is 12.4. The van der Waals surface area contributed by atoms with Crippen LogP contribution < -0.4 is 0 Å². The maximum absolute atomic E-state index is 12.4. The average molecular weight is 360 g/mol. The highest BCUT2D eigenvalue weighted by atomic mass is 16.5. The molecular formula is C19H16N6O2. The quantitative estimate of drug-likeness (QED) is 0.600. The van der Waals surface area contributed by atoms with Crippen molar-refractivity contribution in [2.75, 3.05) is 6.54 Å². The highest BCUT2D eigenvalue weighted by molar-refractivity contribution is 5.80. The number of nitrogens with zero attached hydrogens (tertiary/aromatic N) is 5. The summed E-state index contributed by atoms with van der Waals surface area (Å²) < 4.78 is 5.47. The summed E-state index contributed by atoms with van der Waals surface area (Å²) in [6, 6.07) is 9.58. The Kier molecular flexibility index (Phi) is 3.67. The third kappa shape index (κ3) is 2.95. The van der Waals surface area contributed by atoms with E-state index in [9.17, 15) is 4.79 Å². The van der Waals surface area contributed by atoms with Gasteiger partial charge in [0.2, 0.25) is 17.6 Å². The van der Waals surface area contributed by atoms with E-state index in [1.165, 1.54) is 0 Å². The second-order valence-electron chi connectivity index (χ2n) is 6.62. The minimum Gasteiger partial charge on any atom is -0.345 e. The van der Waals surface area contributed by atoms with Gasteiger partial charge in [-0.3, -0.25) is 9.78 Å². The van der Waals surface area contributed by atoms with E-state index in [1.54, 1.807) is 18.7 Å². The molecule has 0 spiro atoms. The molecule has 134 valence electrons. The van der Waals surface area contributed by atoms with Gasteiger partial charge in [0, 0.05) is 37.5 Å². The summed E-state index contributed by atoms with van der Waals surface area (Å²) in [7, 11) is 0. The Hall–Kier alpha value is -3.55. The first-order valence-electron chi connectivity index (χ1n) is 8.70. The number of hydrogen-bond acceptors (Lipinski definition) is 6. The van der Waals surface area contributed by atoms with Gasteiger partial charge in [-0.05, 0) is 35.9 Å². The number of carbonyl (C=O) groups excluding carboxylic acids is 1. The molecule has 1 atom stereocenters. The third-order valence-electron chi connectivity index (χ3n) is 4.81. The van der Waals surface area contributed by atoms with E-state index in [-0.39, 0.29) is 11.8 Å². The molecule has 1 fully saturated rings. The minimum atomic E-state index is -0.0866. The topological polar surface area (TPSA) is 101 Å². The molecule has 27 heavy (non-hydrogen) atoms. The zero-order valence-corrected chi connectivity index (χ0v) is 14.4. The normalized spacial score (nSPS) is 17.1. The molecule has 1 aliphatic rings. The van der Waals surface area contributed by atoms with Crippen molar-refractivity contribution in [3.8, 4) is 11.4 Å². The molecule has 0 aliphatic carbocycles. The summed E-state index contributed by atoms with van der Waals surface area (Å²) in [5.41, 5.74) is 3.70. The highest BCUT2D eigenvalue weighted by Gasteiger charge is 2.34. The number of likely N-dealkylation sites (tertiary alicyclic amines) is 1. The second-order valence-corrected chi connectivity index (χ2v) is 6.62. The van der Waals surface area contributed by atoms with Crippen molar-refractivity contribution in [2.24, 2.45) is 0 Å². The number of nitrogens with one attached hydrogen (secondary N) is 1. The predicted molar refractivity (Wildman–Crippen MR) is 96.4 cm³/mol. The molecule has 1 saturated heterocycles. The van der Waals surface area contributed by atoms with E-state index < -0.39 is 0 Å². The number of rotatable bonds is 4. The number of aromatic nitrogens is 5. The molecule has 3 aromatic heterocycles. The number of H-pyrrole nitrogens is 1. The van der Waals surface area contributed by atoms with Crippen molar-refractivity contribution in [2.45, 2.75) is 18.9 Å². The number of benzene rings is 1. The van der Waals surface area contributed by atoms with Gasteiger partial charge in [0.1, 0.15) is 0 Å². The van der Waals surface area contributed by atoms with E-state index >= 15 is 0 Å². The Morgan fingerprint density at radius 2 is 2.11 bits per heavy atom. The molecule has 0 bridgehead atoms.